The third-order valence-corrected chi connectivity index (χ3v) is 7.98. The lowest BCUT2D eigenvalue weighted by atomic mass is 9.99. The summed E-state index contributed by atoms with van der Waals surface area (Å²) in [6.07, 6.45) is 1.60. The van der Waals surface area contributed by atoms with E-state index in [1.807, 2.05) is 78.9 Å². The Labute approximate surface area is 258 Å². The number of hydrogen-bond acceptors (Lipinski definition) is 4. The second-order valence-corrected chi connectivity index (χ2v) is 10.7. The Morgan fingerprint density at radius 1 is 0.690 bits per heavy atom. The largest absolute Gasteiger partial charge is 0.488 e. The summed E-state index contributed by atoms with van der Waals surface area (Å²) in [7, 11) is 0. The molecule has 0 radical (unpaired) electrons. The number of rotatable bonds is 6. The molecule has 1 heterocycles. The Kier molecular flexibility index (Phi) is 7.76. The van der Waals surface area contributed by atoms with Crippen molar-refractivity contribution in [3.63, 3.8) is 0 Å². The number of nitrogens with zero attached hydrogens (tertiary/aromatic N) is 2. The van der Waals surface area contributed by atoms with Crippen molar-refractivity contribution in [1.82, 2.24) is 0 Å². The number of para-hydroxylation sites is 2. The van der Waals surface area contributed by atoms with Crippen molar-refractivity contribution < 1.29 is 14.3 Å². The molecule has 1 aliphatic heterocycles. The molecule has 5 aromatic rings. The fourth-order valence-corrected chi connectivity index (χ4v) is 5.52. The van der Waals surface area contributed by atoms with E-state index in [4.69, 9.17) is 40.2 Å². The SMILES string of the molecule is O=C1C(=Cc2c(OCc3ccc(Cl)c(Cl)c3)ccc3ccccc23)C(=O)N(c2ccccc2)C(=S)N1c1ccccc1. The van der Waals surface area contributed by atoms with Crippen LogP contribution in [-0.2, 0) is 16.2 Å². The van der Waals surface area contributed by atoms with E-state index in [2.05, 4.69) is 0 Å². The fourth-order valence-electron chi connectivity index (χ4n) is 4.82. The lowest BCUT2D eigenvalue weighted by Crippen LogP contribution is -2.56. The molecule has 2 amide bonds. The molecule has 8 heteroatoms. The average Bonchev–Trinajstić information content (AvgIpc) is 3.01. The summed E-state index contributed by atoms with van der Waals surface area (Å²) in [6, 6.07) is 34.9. The van der Waals surface area contributed by atoms with Crippen molar-refractivity contribution >= 4 is 80.6 Å². The molecular weight excluding hydrogens is 587 g/mol. The molecule has 0 aromatic heterocycles. The van der Waals surface area contributed by atoms with Crippen LogP contribution in [0.3, 0.4) is 0 Å². The molecule has 206 valence electrons. The van der Waals surface area contributed by atoms with Gasteiger partial charge in [-0.25, -0.2) is 0 Å². The molecule has 0 N–H and O–H groups in total. The van der Waals surface area contributed by atoms with Gasteiger partial charge in [-0.05, 0) is 77.1 Å². The first-order valence-corrected chi connectivity index (χ1v) is 14.2. The van der Waals surface area contributed by atoms with Crippen LogP contribution in [0.15, 0.2) is 121 Å². The summed E-state index contributed by atoms with van der Waals surface area (Å²) in [5.41, 5.74) is 2.48. The maximum absolute atomic E-state index is 14.1. The van der Waals surface area contributed by atoms with Crippen molar-refractivity contribution in [2.45, 2.75) is 6.61 Å². The predicted molar refractivity (Wildman–Crippen MR) is 173 cm³/mol. The smallest absolute Gasteiger partial charge is 0.270 e. The topological polar surface area (TPSA) is 49.9 Å². The van der Waals surface area contributed by atoms with Crippen LogP contribution in [0.2, 0.25) is 10.0 Å². The molecule has 1 saturated heterocycles. The zero-order valence-corrected chi connectivity index (χ0v) is 24.4. The van der Waals surface area contributed by atoms with Crippen molar-refractivity contribution in [2.75, 3.05) is 9.80 Å². The van der Waals surface area contributed by atoms with Crippen LogP contribution in [0.1, 0.15) is 11.1 Å². The summed E-state index contributed by atoms with van der Waals surface area (Å²) in [5.74, 6) is -0.544. The molecular formula is C34H22Cl2N2O3S. The molecule has 5 aromatic carbocycles. The highest BCUT2D eigenvalue weighted by molar-refractivity contribution is 7.81. The molecule has 0 spiro atoms. The second kappa shape index (κ2) is 11.8. The molecule has 42 heavy (non-hydrogen) atoms. The van der Waals surface area contributed by atoms with Crippen molar-refractivity contribution in [1.29, 1.82) is 0 Å². The van der Waals surface area contributed by atoms with Gasteiger partial charge in [0, 0.05) is 5.56 Å². The average molecular weight is 610 g/mol. The highest BCUT2D eigenvalue weighted by Gasteiger charge is 2.41. The molecule has 0 atom stereocenters. The first-order valence-electron chi connectivity index (χ1n) is 13.1. The van der Waals surface area contributed by atoms with E-state index >= 15 is 0 Å². The van der Waals surface area contributed by atoms with Crippen LogP contribution in [0.5, 0.6) is 5.75 Å². The summed E-state index contributed by atoms with van der Waals surface area (Å²) in [5, 5.41) is 2.71. The van der Waals surface area contributed by atoms with Gasteiger partial charge in [0.1, 0.15) is 17.9 Å². The number of carbonyl (C=O) groups excluding carboxylic acids is 2. The number of thiocarbonyl (C=S) groups is 1. The lowest BCUT2D eigenvalue weighted by Gasteiger charge is -2.36. The third-order valence-electron chi connectivity index (χ3n) is 6.88. The van der Waals surface area contributed by atoms with E-state index in [1.54, 1.807) is 42.5 Å². The van der Waals surface area contributed by atoms with E-state index < -0.39 is 11.8 Å². The summed E-state index contributed by atoms with van der Waals surface area (Å²) in [4.78, 5) is 30.9. The highest BCUT2D eigenvalue weighted by Crippen LogP contribution is 2.35. The van der Waals surface area contributed by atoms with E-state index in [0.717, 1.165) is 16.3 Å². The van der Waals surface area contributed by atoms with Crippen LogP contribution in [0.25, 0.3) is 16.8 Å². The number of fused-ring (bicyclic) bond motifs is 1. The number of carbonyl (C=O) groups is 2. The first-order chi connectivity index (χ1) is 20.4. The number of amides is 2. The van der Waals surface area contributed by atoms with Gasteiger partial charge >= 0.3 is 0 Å². The predicted octanol–water partition coefficient (Wildman–Crippen LogP) is 8.47. The Balaban J connectivity index is 1.49. The van der Waals surface area contributed by atoms with Crippen molar-refractivity contribution in [3.8, 4) is 5.75 Å². The first kappa shape index (κ1) is 27.7. The zero-order valence-electron chi connectivity index (χ0n) is 22.0. The highest BCUT2D eigenvalue weighted by atomic mass is 35.5. The Morgan fingerprint density at radius 2 is 1.29 bits per heavy atom. The molecule has 0 aliphatic carbocycles. The standard InChI is InChI=1S/C34H22Cl2N2O3S/c35-29-17-15-22(19-30(29)36)21-41-31-18-16-23-9-7-8-14-26(23)27(31)20-28-32(39)37(24-10-3-1-4-11-24)34(42)38(33(28)40)25-12-5-2-6-13-25/h1-20H,21H2. The maximum Gasteiger partial charge on any atom is 0.270 e. The van der Waals surface area contributed by atoms with Gasteiger partial charge in [-0.1, -0.05) is 96.0 Å². The van der Waals surface area contributed by atoms with Gasteiger partial charge in [-0.3, -0.25) is 19.4 Å². The minimum absolute atomic E-state index is 0.0490. The minimum Gasteiger partial charge on any atom is -0.488 e. The van der Waals surface area contributed by atoms with E-state index in [1.165, 1.54) is 9.80 Å². The van der Waals surface area contributed by atoms with Crippen LogP contribution in [0, 0.1) is 0 Å². The van der Waals surface area contributed by atoms with Crippen LogP contribution in [-0.4, -0.2) is 16.9 Å². The third kappa shape index (κ3) is 5.28. The lowest BCUT2D eigenvalue weighted by molar-refractivity contribution is -0.120. The zero-order chi connectivity index (χ0) is 29.2. The number of hydrogen-bond donors (Lipinski definition) is 0. The normalized spacial score (nSPS) is 13.6. The van der Waals surface area contributed by atoms with Crippen LogP contribution >= 0.6 is 35.4 Å². The Hall–Kier alpha value is -4.49. The Morgan fingerprint density at radius 3 is 1.90 bits per heavy atom. The van der Waals surface area contributed by atoms with Crippen molar-refractivity contribution in [3.05, 3.63) is 142 Å². The van der Waals surface area contributed by atoms with E-state index in [0.29, 0.717) is 32.7 Å². The fraction of sp³-hybridized carbons (Fsp3) is 0.0294. The molecule has 5 nitrogen and oxygen atoms in total. The second-order valence-electron chi connectivity index (χ2n) is 9.53. The van der Waals surface area contributed by atoms with Crippen molar-refractivity contribution in [2.24, 2.45) is 0 Å². The maximum atomic E-state index is 14.1. The summed E-state index contributed by atoms with van der Waals surface area (Å²) < 4.78 is 6.26. The van der Waals surface area contributed by atoms with Gasteiger partial charge in [0.15, 0.2) is 5.11 Å². The Bertz CT molecular complexity index is 1810. The molecule has 1 aliphatic rings. The van der Waals surface area contributed by atoms with Gasteiger partial charge in [0.25, 0.3) is 11.8 Å². The van der Waals surface area contributed by atoms with Gasteiger partial charge in [0.05, 0.1) is 21.4 Å². The van der Waals surface area contributed by atoms with E-state index in [9.17, 15) is 9.59 Å². The number of halogens is 2. The number of ether oxygens (including phenoxy) is 1. The van der Waals surface area contributed by atoms with Crippen LogP contribution in [0.4, 0.5) is 11.4 Å². The minimum atomic E-state index is -0.522. The molecule has 0 bridgehead atoms. The van der Waals surface area contributed by atoms with Gasteiger partial charge in [-0.2, -0.15) is 0 Å². The number of benzene rings is 5. The summed E-state index contributed by atoms with van der Waals surface area (Å²) in [6.45, 7) is 0.198. The van der Waals surface area contributed by atoms with Crippen LogP contribution < -0.4 is 14.5 Å². The van der Waals surface area contributed by atoms with Gasteiger partial charge in [0.2, 0.25) is 0 Å². The quantitative estimate of drug-likeness (QED) is 0.110. The molecule has 6 rings (SSSR count). The summed E-state index contributed by atoms with van der Waals surface area (Å²) >= 11 is 18.0. The molecule has 1 fully saturated rings. The van der Waals surface area contributed by atoms with E-state index in [-0.39, 0.29) is 17.3 Å². The molecule has 0 saturated carbocycles. The molecule has 0 unspecified atom stereocenters. The number of anilines is 2. The van der Waals surface area contributed by atoms with Gasteiger partial charge in [-0.15, -0.1) is 0 Å². The monoisotopic (exact) mass is 608 g/mol. The van der Waals surface area contributed by atoms with Gasteiger partial charge < -0.3 is 4.74 Å².